The van der Waals surface area contributed by atoms with Gasteiger partial charge in [0.15, 0.2) is 5.76 Å². The number of para-hydroxylation sites is 1. The first kappa shape index (κ1) is 21.0. The van der Waals surface area contributed by atoms with E-state index in [4.69, 9.17) is 32.4 Å². The molecule has 0 aliphatic rings. The van der Waals surface area contributed by atoms with Crippen LogP contribution in [0, 0.1) is 6.92 Å². The summed E-state index contributed by atoms with van der Waals surface area (Å²) in [6.07, 6.45) is 1.52. The molecule has 2 heterocycles. The summed E-state index contributed by atoms with van der Waals surface area (Å²) in [6.45, 7) is 2.61. The number of rotatable bonds is 7. The Labute approximate surface area is 188 Å². The Morgan fingerprint density at radius 2 is 1.97 bits per heavy atom. The zero-order valence-corrected chi connectivity index (χ0v) is 18.0. The number of carbonyl (C=O) groups is 1. The van der Waals surface area contributed by atoms with E-state index in [1.165, 1.54) is 6.33 Å². The average molecular weight is 457 g/mol. The first-order chi connectivity index (χ1) is 15.0. The van der Waals surface area contributed by atoms with Crippen LogP contribution in [0.5, 0.6) is 5.75 Å². The summed E-state index contributed by atoms with van der Waals surface area (Å²) in [7, 11) is 0. The highest BCUT2D eigenvalue weighted by Crippen LogP contribution is 2.23. The van der Waals surface area contributed by atoms with Crippen molar-refractivity contribution in [1.29, 1.82) is 0 Å². The van der Waals surface area contributed by atoms with E-state index in [0.717, 1.165) is 16.9 Å². The van der Waals surface area contributed by atoms with Crippen LogP contribution in [0.15, 0.2) is 65.3 Å². The molecule has 0 spiro atoms. The number of hydrogen-bond donors (Lipinski definition) is 1. The molecule has 0 aliphatic heterocycles. The van der Waals surface area contributed by atoms with Gasteiger partial charge < -0.3 is 9.15 Å². The predicted octanol–water partition coefficient (Wildman–Crippen LogP) is 5.37. The lowest BCUT2D eigenvalue weighted by molar-refractivity contribution is 0.0991. The summed E-state index contributed by atoms with van der Waals surface area (Å²) in [5.74, 6) is 1.16. The summed E-state index contributed by atoms with van der Waals surface area (Å²) in [5, 5.41) is 7.82. The quantitative estimate of drug-likeness (QED) is 0.404. The maximum absolute atomic E-state index is 12.4. The number of aromatic nitrogens is 3. The van der Waals surface area contributed by atoms with Gasteiger partial charge >= 0.3 is 0 Å². The molecule has 0 aliphatic carbocycles. The molecule has 0 unspecified atom stereocenters. The highest BCUT2D eigenvalue weighted by atomic mass is 35.5. The Kier molecular flexibility index (Phi) is 6.25. The third-order valence-electron chi connectivity index (χ3n) is 4.44. The van der Waals surface area contributed by atoms with Crippen molar-refractivity contribution < 1.29 is 13.9 Å². The molecule has 31 heavy (non-hydrogen) atoms. The number of benzene rings is 2. The number of hydrogen-bond acceptors (Lipinski definition) is 5. The maximum atomic E-state index is 12.4. The lowest BCUT2D eigenvalue weighted by atomic mass is 10.2. The summed E-state index contributed by atoms with van der Waals surface area (Å²) >= 11 is 12.0. The second-order valence-electron chi connectivity index (χ2n) is 6.79. The van der Waals surface area contributed by atoms with E-state index >= 15 is 0 Å². The summed E-state index contributed by atoms with van der Waals surface area (Å²) in [6, 6.07) is 16.3. The topological polar surface area (TPSA) is 82.2 Å². The molecule has 4 aromatic rings. The number of amides is 1. The maximum Gasteiger partial charge on any atom is 0.293 e. The molecule has 1 amide bonds. The molecule has 7 nitrogen and oxygen atoms in total. The van der Waals surface area contributed by atoms with Crippen molar-refractivity contribution >= 4 is 35.1 Å². The standard InChI is InChI=1S/C22H18Cl2N4O3/c1-14-4-2-3-5-19(14)30-12-16-7-9-20(31-16)21(29)26-22-25-13-28(27-22)11-15-6-8-17(23)18(24)10-15/h2-10,13H,11-12H2,1H3,(H,26,27,29). The normalized spacial score (nSPS) is 10.8. The molecular formula is C22H18Cl2N4O3. The second kappa shape index (κ2) is 9.24. The summed E-state index contributed by atoms with van der Waals surface area (Å²) in [5.41, 5.74) is 1.93. The Morgan fingerprint density at radius 1 is 1.13 bits per heavy atom. The van der Waals surface area contributed by atoms with Crippen LogP contribution in [0.2, 0.25) is 10.0 Å². The molecule has 9 heteroatoms. The van der Waals surface area contributed by atoms with Crippen molar-refractivity contribution in [1.82, 2.24) is 14.8 Å². The Bertz CT molecular complexity index is 1220. The van der Waals surface area contributed by atoms with Gasteiger partial charge in [-0.2, -0.15) is 0 Å². The minimum Gasteiger partial charge on any atom is -0.485 e. The SMILES string of the molecule is Cc1ccccc1OCc1ccc(C(=O)Nc2ncn(Cc3ccc(Cl)c(Cl)c3)n2)o1. The molecular weight excluding hydrogens is 439 g/mol. The van der Waals surface area contributed by atoms with Crippen molar-refractivity contribution in [2.24, 2.45) is 0 Å². The monoisotopic (exact) mass is 456 g/mol. The summed E-state index contributed by atoms with van der Waals surface area (Å²) < 4.78 is 12.9. The smallest absolute Gasteiger partial charge is 0.293 e. The molecule has 4 rings (SSSR count). The van der Waals surface area contributed by atoms with Crippen molar-refractivity contribution in [3.63, 3.8) is 0 Å². The van der Waals surface area contributed by atoms with Gasteiger partial charge in [0.05, 0.1) is 16.6 Å². The zero-order valence-electron chi connectivity index (χ0n) is 16.5. The number of anilines is 1. The molecule has 1 N–H and O–H groups in total. The fourth-order valence-electron chi connectivity index (χ4n) is 2.86. The van der Waals surface area contributed by atoms with Crippen molar-refractivity contribution in [3.8, 4) is 5.75 Å². The first-order valence-electron chi connectivity index (χ1n) is 9.40. The van der Waals surface area contributed by atoms with Crippen molar-refractivity contribution in [2.45, 2.75) is 20.1 Å². The van der Waals surface area contributed by atoms with Crippen LogP contribution in [-0.4, -0.2) is 20.7 Å². The van der Waals surface area contributed by atoms with Crippen LogP contribution in [-0.2, 0) is 13.2 Å². The van der Waals surface area contributed by atoms with Crippen molar-refractivity contribution in [3.05, 3.63) is 93.6 Å². The van der Waals surface area contributed by atoms with E-state index in [9.17, 15) is 4.79 Å². The fourth-order valence-corrected chi connectivity index (χ4v) is 3.18. The Hall–Kier alpha value is -3.29. The number of nitrogens with zero attached hydrogens (tertiary/aromatic N) is 3. The molecule has 0 radical (unpaired) electrons. The lowest BCUT2D eigenvalue weighted by Crippen LogP contribution is -2.12. The second-order valence-corrected chi connectivity index (χ2v) is 7.60. The number of aryl methyl sites for hydroxylation is 1. The van der Waals surface area contributed by atoms with E-state index in [0.29, 0.717) is 22.4 Å². The minimum atomic E-state index is -0.450. The molecule has 2 aromatic carbocycles. The average Bonchev–Trinajstić information content (AvgIpc) is 3.40. The van der Waals surface area contributed by atoms with E-state index in [1.54, 1.807) is 28.9 Å². The minimum absolute atomic E-state index is 0.143. The van der Waals surface area contributed by atoms with E-state index < -0.39 is 5.91 Å². The van der Waals surface area contributed by atoms with Gasteiger partial charge in [-0.1, -0.05) is 47.5 Å². The number of ether oxygens (including phenoxy) is 1. The third-order valence-corrected chi connectivity index (χ3v) is 5.18. The molecule has 0 fully saturated rings. The molecule has 2 aromatic heterocycles. The van der Waals surface area contributed by atoms with Crippen LogP contribution in [0.3, 0.4) is 0 Å². The van der Waals surface area contributed by atoms with Gasteiger partial charge in [-0.3, -0.25) is 10.1 Å². The van der Waals surface area contributed by atoms with E-state index in [-0.39, 0.29) is 18.3 Å². The molecule has 0 saturated heterocycles. The van der Waals surface area contributed by atoms with Gasteiger partial charge in [0.25, 0.3) is 5.91 Å². The largest absolute Gasteiger partial charge is 0.485 e. The number of halogens is 2. The van der Waals surface area contributed by atoms with Crippen molar-refractivity contribution in [2.75, 3.05) is 5.32 Å². The Balaban J connectivity index is 1.34. The first-order valence-corrected chi connectivity index (χ1v) is 10.2. The van der Waals surface area contributed by atoms with Crippen LogP contribution >= 0.6 is 23.2 Å². The van der Waals surface area contributed by atoms with Crippen LogP contribution in [0.1, 0.15) is 27.4 Å². The van der Waals surface area contributed by atoms with Crippen LogP contribution in [0.4, 0.5) is 5.95 Å². The fraction of sp³-hybridized carbons (Fsp3) is 0.136. The Morgan fingerprint density at radius 3 is 2.77 bits per heavy atom. The van der Waals surface area contributed by atoms with Gasteiger partial charge in [0, 0.05) is 0 Å². The summed E-state index contributed by atoms with van der Waals surface area (Å²) in [4.78, 5) is 16.5. The van der Waals surface area contributed by atoms with Gasteiger partial charge in [0.2, 0.25) is 5.95 Å². The highest BCUT2D eigenvalue weighted by molar-refractivity contribution is 6.42. The van der Waals surface area contributed by atoms with Gasteiger partial charge in [-0.15, -0.1) is 5.10 Å². The predicted molar refractivity (Wildman–Crippen MR) is 118 cm³/mol. The van der Waals surface area contributed by atoms with Gasteiger partial charge in [-0.25, -0.2) is 9.67 Å². The molecule has 0 bridgehead atoms. The van der Waals surface area contributed by atoms with Crippen LogP contribution in [0.25, 0.3) is 0 Å². The number of nitrogens with one attached hydrogen (secondary N) is 1. The number of carbonyl (C=O) groups excluding carboxylic acids is 1. The van der Waals surface area contributed by atoms with Gasteiger partial charge in [-0.05, 0) is 48.4 Å². The van der Waals surface area contributed by atoms with E-state index in [2.05, 4.69) is 15.4 Å². The molecule has 158 valence electrons. The lowest BCUT2D eigenvalue weighted by Gasteiger charge is -2.06. The van der Waals surface area contributed by atoms with Gasteiger partial charge in [0.1, 0.15) is 24.4 Å². The van der Waals surface area contributed by atoms with E-state index in [1.807, 2.05) is 37.3 Å². The number of furan rings is 1. The third kappa shape index (κ3) is 5.25. The van der Waals surface area contributed by atoms with Crippen LogP contribution < -0.4 is 10.1 Å². The zero-order chi connectivity index (χ0) is 21.8. The highest BCUT2D eigenvalue weighted by Gasteiger charge is 2.14. The molecule has 0 atom stereocenters. The molecule has 0 saturated carbocycles.